The number of fused-ring (bicyclic) bond motifs is 1. The highest BCUT2D eigenvalue weighted by Crippen LogP contribution is 2.02. The van der Waals surface area contributed by atoms with Crippen molar-refractivity contribution in [2.24, 2.45) is 0 Å². The van der Waals surface area contributed by atoms with Gasteiger partial charge >= 0.3 is 11.7 Å². The Hall–Kier alpha value is -2.25. The van der Waals surface area contributed by atoms with Gasteiger partial charge in [-0.05, 0) is 16.8 Å². The van der Waals surface area contributed by atoms with Crippen molar-refractivity contribution < 1.29 is 4.92 Å². The molecule has 0 amide bonds. The Bertz CT molecular complexity index is 568. The first-order chi connectivity index (χ1) is 6.58. The van der Waals surface area contributed by atoms with Crippen LogP contribution in [-0.2, 0) is 0 Å². The van der Waals surface area contributed by atoms with Crippen LogP contribution in [-0.4, -0.2) is 24.5 Å². The Kier molecular flexibility index (Phi) is 1.56. The lowest BCUT2D eigenvalue weighted by atomic mass is 10.5. The van der Waals surface area contributed by atoms with Gasteiger partial charge in [0.2, 0.25) is 0 Å². The van der Waals surface area contributed by atoms with Crippen LogP contribution < -0.4 is 5.56 Å². The number of hydrogen-bond acceptors (Lipinski definition) is 5. The summed E-state index contributed by atoms with van der Waals surface area (Å²) >= 11 is 0. The molecule has 0 spiro atoms. The Labute approximate surface area is 76.4 Å². The molecule has 0 radical (unpaired) electrons. The molecule has 0 atom stereocenters. The molecule has 0 aromatic carbocycles. The van der Waals surface area contributed by atoms with E-state index in [0.29, 0.717) is 5.69 Å². The van der Waals surface area contributed by atoms with Gasteiger partial charge in [0, 0.05) is 11.8 Å². The predicted molar refractivity (Wildman–Crippen MR) is 45.0 cm³/mol. The van der Waals surface area contributed by atoms with Gasteiger partial charge in [-0.15, -0.1) is 4.52 Å². The number of nitrogens with zero attached hydrogens (tertiary/aromatic N) is 4. The highest BCUT2D eigenvalue weighted by atomic mass is 16.6. The van der Waals surface area contributed by atoms with Crippen LogP contribution in [0.1, 0.15) is 5.69 Å². The fourth-order valence-corrected chi connectivity index (χ4v) is 1.06. The van der Waals surface area contributed by atoms with Crippen LogP contribution in [0, 0.1) is 17.0 Å². The van der Waals surface area contributed by atoms with Crippen LogP contribution in [0.4, 0.5) is 5.95 Å². The van der Waals surface area contributed by atoms with Crippen LogP contribution >= 0.6 is 0 Å². The molecule has 0 fully saturated rings. The second-order valence-corrected chi connectivity index (χ2v) is 2.68. The number of H-pyrrole nitrogens is 1. The third kappa shape index (κ3) is 1.13. The number of hydrogen-bond donors (Lipinski definition) is 1. The van der Waals surface area contributed by atoms with Gasteiger partial charge in [0.1, 0.15) is 0 Å². The van der Waals surface area contributed by atoms with E-state index in [4.69, 9.17) is 0 Å². The number of rotatable bonds is 1. The van der Waals surface area contributed by atoms with Gasteiger partial charge < -0.3 is 10.1 Å². The van der Waals surface area contributed by atoms with Crippen molar-refractivity contribution in [1.82, 2.24) is 19.6 Å². The van der Waals surface area contributed by atoms with Crippen molar-refractivity contribution in [3.63, 3.8) is 0 Å². The Morgan fingerprint density at radius 3 is 2.93 bits per heavy atom. The summed E-state index contributed by atoms with van der Waals surface area (Å²) in [5.41, 5.74) is 0.0458. The first-order valence-corrected chi connectivity index (χ1v) is 3.69. The molecule has 0 saturated heterocycles. The highest BCUT2D eigenvalue weighted by molar-refractivity contribution is 5.30. The zero-order valence-corrected chi connectivity index (χ0v) is 7.09. The first-order valence-electron chi connectivity index (χ1n) is 3.69. The fourth-order valence-electron chi connectivity index (χ4n) is 1.06. The van der Waals surface area contributed by atoms with E-state index in [1.165, 1.54) is 6.07 Å². The third-order valence-corrected chi connectivity index (χ3v) is 1.62. The molecule has 72 valence electrons. The molecular formula is C6H5N5O3. The van der Waals surface area contributed by atoms with E-state index in [-0.39, 0.29) is 5.78 Å². The SMILES string of the molecule is Cc1cc(=O)n2[nH]c([N+](=O)[O-])nc2n1. The minimum atomic E-state index is -0.719. The molecule has 0 unspecified atom stereocenters. The lowest BCUT2D eigenvalue weighted by Gasteiger charge is -1.86. The average Bonchev–Trinajstić information content (AvgIpc) is 2.47. The molecule has 0 bridgehead atoms. The molecule has 0 saturated carbocycles. The molecule has 2 heterocycles. The molecule has 2 aromatic heterocycles. The molecule has 2 rings (SSSR count). The summed E-state index contributed by atoms with van der Waals surface area (Å²) < 4.78 is 0.922. The lowest BCUT2D eigenvalue weighted by molar-refractivity contribution is -0.394. The smallest absolute Gasteiger partial charge is 0.390 e. The van der Waals surface area contributed by atoms with Gasteiger partial charge in [0.15, 0.2) is 0 Å². The summed E-state index contributed by atoms with van der Waals surface area (Å²) in [4.78, 5) is 28.3. The summed E-state index contributed by atoms with van der Waals surface area (Å²) in [6, 6.07) is 1.26. The molecular weight excluding hydrogens is 190 g/mol. The third-order valence-electron chi connectivity index (χ3n) is 1.62. The van der Waals surface area contributed by atoms with Gasteiger partial charge in [-0.3, -0.25) is 4.79 Å². The number of aromatic amines is 1. The predicted octanol–water partition coefficient (Wildman–Crippen LogP) is -0.366. The molecule has 14 heavy (non-hydrogen) atoms. The van der Waals surface area contributed by atoms with Crippen LogP contribution in [0.15, 0.2) is 10.9 Å². The molecule has 8 nitrogen and oxygen atoms in total. The second-order valence-electron chi connectivity index (χ2n) is 2.68. The lowest BCUT2D eigenvalue weighted by Crippen LogP contribution is -2.14. The van der Waals surface area contributed by atoms with Crippen molar-refractivity contribution >= 4 is 11.7 Å². The molecule has 8 heteroatoms. The Morgan fingerprint density at radius 2 is 2.29 bits per heavy atom. The summed E-state index contributed by atoms with van der Waals surface area (Å²) in [5.74, 6) is -0.498. The largest absolute Gasteiger partial charge is 0.454 e. The number of nitro groups is 1. The molecule has 0 aliphatic rings. The van der Waals surface area contributed by atoms with E-state index in [0.717, 1.165) is 4.52 Å². The first kappa shape index (κ1) is 8.35. The number of aryl methyl sites for hydroxylation is 1. The maximum Gasteiger partial charge on any atom is 0.454 e. The molecule has 0 aliphatic carbocycles. The van der Waals surface area contributed by atoms with Gasteiger partial charge in [-0.2, -0.15) is 10.1 Å². The summed E-state index contributed by atoms with van der Waals surface area (Å²) in [7, 11) is 0. The topological polar surface area (TPSA) is 106 Å². The van der Waals surface area contributed by atoms with E-state index in [2.05, 4.69) is 15.1 Å². The van der Waals surface area contributed by atoms with Crippen molar-refractivity contribution in [1.29, 1.82) is 0 Å². The summed E-state index contributed by atoms with van der Waals surface area (Å²) in [6.45, 7) is 1.61. The maximum atomic E-state index is 11.3. The van der Waals surface area contributed by atoms with Gasteiger partial charge in [-0.25, -0.2) is 0 Å². The van der Waals surface area contributed by atoms with Crippen molar-refractivity contribution in [3.05, 3.63) is 32.2 Å². The summed E-state index contributed by atoms with van der Waals surface area (Å²) in [6.07, 6.45) is 0. The van der Waals surface area contributed by atoms with Crippen LogP contribution in [0.3, 0.4) is 0 Å². The average molecular weight is 195 g/mol. The zero-order chi connectivity index (χ0) is 10.3. The Balaban J connectivity index is 2.83. The van der Waals surface area contributed by atoms with Gasteiger partial charge in [0.25, 0.3) is 5.56 Å². The van der Waals surface area contributed by atoms with E-state index in [9.17, 15) is 14.9 Å². The van der Waals surface area contributed by atoms with Crippen molar-refractivity contribution in [3.8, 4) is 0 Å². The maximum absolute atomic E-state index is 11.3. The van der Waals surface area contributed by atoms with E-state index < -0.39 is 16.4 Å². The van der Waals surface area contributed by atoms with Gasteiger partial charge in [-0.1, -0.05) is 0 Å². The monoisotopic (exact) mass is 195 g/mol. The number of nitrogens with one attached hydrogen (secondary N) is 1. The van der Waals surface area contributed by atoms with Crippen LogP contribution in [0.5, 0.6) is 0 Å². The minimum Gasteiger partial charge on any atom is -0.390 e. The molecule has 2 aromatic rings. The zero-order valence-electron chi connectivity index (χ0n) is 7.09. The van der Waals surface area contributed by atoms with Gasteiger partial charge in [0.05, 0.1) is 0 Å². The molecule has 1 N–H and O–H groups in total. The quantitative estimate of drug-likeness (QED) is 0.493. The number of aromatic nitrogens is 4. The van der Waals surface area contributed by atoms with E-state index in [1.54, 1.807) is 6.92 Å². The normalized spacial score (nSPS) is 10.6. The van der Waals surface area contributed by atoms with Crippen LogP contribution in [0.2, 0.25) is 0 Å². The molecule has 0 aliphatic heterocycles. The van der Waals surface area contributed by atoms with Crippen LogP contribution in [0.25, 0.3) is 5.78 Å². The minimum absolute atomic E-state index is 0.00157. The van der Waals surface area contributed by atoms with E-state index in [1.807, 2.05) is 0 Å². The van der Waals surface area contributed by atoms with Crippen molar-refractivity contribution in [2.75, 3.05) is 0 Å². The van der Waals surface area contributed by atoms with Crippen molar-refractivity contribution in [2.45, 2.75) is 6.92 Å². The standard InChI is InChI=1S/C6H5N5O3/c1-3-2-4(12)10-5(7-3)8-6(9-10)11(13)14/h2H,1H3,(H,7,8,9). The Morgan fingerprint density at radius 1 is 1.57 bits per heavy atom. The van der Waals surface area contributed by atoms with E-state index >= 15 is 0 Å². The second kappa shape index (κ2) is 2.62. The summed E-state index contributed by atoms with van der Waals surface area (Å²) in [5, 5.41) is 12.6. The highest BCUT2D eigenvalue weighted by Gasteiger charge is 2.15. The fraction of sp³-hybridized carbons (Fsp3) is 0.167.